The second-order valence-corrected chi connectivity index (χ2v) is 12.3. The number of pyridine rings is 1. The van der Waals surface area contributed by atoms with Crippen LogP contribution in [0.3, 0.4) is 0 Å². The molecule has 2 heterocycles. The van der Waals surface area contributed by atoms with Crippen molar-refractivity contribution in [2.75, 3.05) is 31.5 Å². The minimum Gasteiger partial charge on any atom is -0.444 e. The normalized spacial score (nSPS) is 14.5. The van der Waals surface area contributed by atoms with Crippen LogP contribution in [0.25, 0.3) is 11.3 Å². The van der Waals surface area contributed by atoms with Crippen LogP contribution < -0.4 is 16.0 Å². The van der Waals surface area contributed by atoms with Crippen LogP contribution in [0.15, 0.2) is 54.6 Å². The van der Waals surface area contributed by atoms with Crippen LogP contribution in [-0.4, -0.2) is 65.6 Å². The van der Waals surface area contributed by atoms with Crippen molar-refractivity contribution in [3.05, 3.63) is 82.7 Å². The number of hydrogen-bond donors (Lipinski definition) is 3. The first-order valence-corrected chi connectivity index (χ1v) is 15.5. The average Bonchev–Trinajstić information content (AvgIpc) is 3.36. The zero-order valence-electron chi connectivity index (χ0n) is 26.8. The smallest absolute Gasteiger partial charge is 0.407 e. The number of benzene rings is 2. The fraction of sp³-hybridized carbons (Fsp3) is 0.400. The van der Waals surface area contributed by atoms with Gasteiger partial charge in [-0.25, -0.2) is 14.2 Å². The van der Waals surface area contributed by atoms with Gasteiger partial charge in [0.2, 0.25) is 5.91 Å². The first-order valence-electron chi connectivity index (χ1n) is 15.5. The van der Waals surface area contributed by atoms with Gasteiger partial charge in [-0.3, -0.25) is 9.59 Å². The van der Waals surface area contributed by atoms with Crippen LogP contribution in [0.1, 0.15) is 67.1 Å². The van der Waals surface area contributed by atoms with Crippen molar-refractivity contribution in [3.8, 4) is 17.3 Å². The molecular weight excluding hydrogens is 587 g/mol. The molecule has 1 aromatic heterocycles. The van der Waals surface area contributed by atoms with E-state index in [1.54, 1.807) is 49.9 Å². The van der Waals surface area contributed by atoms with Gasteiger partial charge >= 0.3 is 6.09 Å². The Morgan fingerprint density at radius 2 is 1.89 bits per heavy atom. The Morgan fingerprint density at radius 1 is 1.11 bits per heavy atom. The van der Waals surface area contributed by atoms with Gasteiger partial charge in [0, 0.05) is 44.2 Å². The Labute approximate surface area is 269 Å². The molecule has 46 heavy (non-hydrogen) atoms. The zero-order chi connectivity index (χ0) is 33.3. The number of carbonyl (C=O) groups is 3. The van der Waals surface area contributed by atoms with E-state index in [1.165, 1.54) is 12.1 Å². The highest BCUT2D eigenvalue weighted by atomic mass is 19.1. The number of hydrogen-bond acceptors (Lipinski definition) is 7. The molecule has 0 unspecified atom stereocenters. The predicted molar refractivity (Wildman–Crippen MR) is 174 cm³/mol. The van der Waals surface area contributed by atoms with E-state index in [1.807, 2.05) is 25.1 Å². The molecule has 0 radical (unpaired) electrons. The van der Waals surface area contributed by atoms with Crippen LogP contribution >= 0.6 is 0 Å². The summed E-state index contributed by atoms with van der Waals surface area (Å²) in [6, 6.07) is 17.3. The number of likely N-dealkylation sites (tertiary alicyclic amines) is 1. The number of nitrogens with one attached hydrogen (secondary N) is 3. The summed E-state index contributed by atoms with van der Waals surface area (Å²) in [7, 11) is 0. The summed E-state index contributed by atoms with van der Waals surface area (Å²) < 4.78 is 19.0. The molecule has 4 rings (SSSR count). The zero-order valence-corrected chi connectivity index (χ0v) is 26.8. The Balaban J connectivity index is 1.45. The maximum absolute atomic E-state index is 13.7. The van der Waals surface area contributed by atoms with Crippen molar-refractivity contribution >= 4 is 23.7 Å². The lowest BCUT2D eigenvalue weighted by Crippen LogP contribution is -2.43. The number of alkyl carbamates (subject to hydrolysis) is 1. The Hall–Kier alpha value is -4.98. The third kappa shape index (κ3) is 9.27. The highest BCUT2D eigenvalue weighted by molar-refractivity contribution is 5.99. The summed E-state index contributed by atoms with van der Waals surface area (Å²) >= 11 is 0. The van der Waals surface area contributed by atoms with Crippen molar-refractivity contribution in [1.29, 1.82) is 5.26 Å². The van der Waals surface area contributed by atoms with Gasteiger partial charge in [0.15, 0.2) is 0 Å². The second kappa shape index (κ2) is 15.3. The summed E-state index contributed by atoms with van der Waals surface area (Å²) in [5, 5.41) is 18.6. The number of halogens is 1. The largest absolute Gasteiger partial charge is 0.444 e. The van der Waals surface area contributed by atoms with E-state index < -0.39 is 11.7 Å². The molecule has 1 fully saturated rings. The van der Waals surface area contributed by atoms with E-state index in [0.29, 0.717) is 73.5 Å². The van der Waals surface area contributed by atoms with Crippen LogP contribution in [0.5, 0.6) is 0 Å². The summed E-state index contributed by atoms with van der Waals surface area (Å²) in [5.74, 6) is -0.320. The molecule has 1 aliphatic heterocycles. The third-order valence-corrected chi connectivity index (χ3v) is 7.55. The molecule has 3 amide bonds. The molecule has 0 aliphatic carbocycles. The summed E-state index contributed by atoms with van der Waals surface area (Å²) in [5.41, 5.74) is 2.95. The van der Waals surface area contributed by atoms with Gasteiger partial charge in [-0.1, -0.05) is 30.3 Å². The molecular formula is C35H41FN6O4. The molecule has 0 spiro atoms. The van der Waals surface area contributed by atoms with E-state index in [9.17, 15) is 24.0 Å². The number of aromatic nitrogens is 1. The first kappa shape index (κ1) is 33.9. The molecule has 3 aromatic rings. The number of nitriles is 1. The second-order valence-electron chi connectivity index (χ2n) is 12.3. The number of ether oxygens (including phenoxy) is 1. The molecule has 1 saturated heterocycles. The Morgan fingerprint density at radius 3 is 2.63 bits per heavy atom. The molecule has 1 aliphatic rings. The molecule has 1 atom stereocenters. The van der Waals surface area contributed by atoms with Gasteiger partial charge in [-0.05, 0) is 82.3 Å². The fourth-order valence-corrected chi connectivity index (χ4v) is 5.37. The SMILES string of the molecule is Cc1cc(C(=O)NC[C@H]2CCC(=O)N2CCCNC(=O)OC(C)(C)C)c(NCCc2cccc(F)c2)nc1-c1ccccc1C#N. The topological polar surface area (TPSA) is 136 Å². The highest BCUT2D eigenvalue weighted by Gasteiger charge is 2.31. The van der Waals surface area contributed by atoms with Crippen molar-refractivity contribution in [2.45, 2.75) is 65.0 Å². The van der Waals surface area contributed by atoms with Gasteiger partial charge in [-0.2, -0.15) is 5.26 Å². The maximum Gasteiger partial charge on any atom is 0.407 e. The van der Waals surface area contributed by atoms with Crippen LogP contribution in [0.2, 0.25) is 0 Å². The molecule has 242 valence electrons. The quantitative estimate of drug-likeness (QED) is 0.230. The maximum atomic E-state index is 13.7. The number of carbonyl (C=O) groups excluding carboxylic acids is 3. The summed E-state index contributed by atoms with van der Waals surface area (Å²) in [6.07, 6.45) is 1.54. The van der Waals surface area contributed by atoms with Gasteiger partial charge in [0.25, 0.3) is 5.91 Å². The molecule has 3 N–H and O–H groups in total. The minimum absolute atomic E-state index is 0.00856. The first-order chi connectivity index (χ1) is 21.9. The van der Waals surface area contributed by atoms with Gasteiger partial charge in [0.05, 0.1) is 22.9 Å². The van der Waals surface area contributed by atoms with E-state index in [0.717, 1.165) is 11.1 Å². The predicted octanol–water partition coefficient (Wildman–Crippen LogP) is 5.36. The molecule has 0 bridgehead atoms. The van der Waals surface area contributed by atoms with Gasteiger partial charge < -0.3 is 25.6 Å². The molecule has 11 heteroatoms. The summed E-state index contributed by atoms with van der Waals surface area (Å²) in [6.45, 7) is 8.66. The van der Waals surface area contributed by atoms with Crippen LogP contribution in [-0.2, 0) is 16.0 Å². The van der Waals surface area contributed by atoms with E-state index in [-0.39, 0.29) is 30.2 Å². The van der Waals surface area contributed by atoms with Crippen molar-refractivity contribution < 1.29 is 23.5 Å². The fourth-order valence-electron chi connectivity index (χ4n) is 5.37. The lowest BCUT2D eigenvalue weighted by molar-refractivity contribution is -0.128. The van der Waals surface area contributed by atoms with E-state index in [2.05, 4.69) is 22.0 Å². The van der Waals surface area contributed by atoms with Crippen LogP contribution in [0.4, 0.5) is 15.0 Å². The lowest BCUT2D eigenvalue weighted by atomic mass is 10.00. The standard InChI is InChI=1S/C35H41FN6O4/c1-23-19-29(33(44)40-22-27-13-14-30(43)42(27)18-8-16-39-34(45)46-35(2,3)4)32(38-17-15-24-9-7-11-26(36)20-24)41-31(23)28-12-6-5-10-25(28)21-37/h5-7,9-12,19-20,27H,8,13-18,22H2,1-4H3,(H,38,41)(H,39,45)(H,40,44)/t27-/m1/s1. The summed E-state index contributed by atoms with van der Waals surface area (Å²) in [4.78, 5) is 44.7. The highest BCUT2D eigenvalue weighted by Crippen LogP contribution is 2.29. The van der Waals surface area contributed by atoms with Crippen molar-refractivity contribution in [3.63, 3.8) is 0 Å². The van der Waals surface area contributed by atoms with E-state index >= 15 is 0 Å². The van der Waals surface area contributed by atoms with E-state index in [4.69, 9.17) is 9.72 Å². The van der Waals surface area contributed by atoms with Gasteiger partial charge in [-0.15, -0.1) is 0 Å². The monoisotopic (exact) mass is 628 g/mol. The lowest BCUT2D eigenvalue weighted by Gasteiger charge is -2.25. The number of nitrogens with zero attached hydrogens (tertiary/aromatic N) is 3. The third-order valence-electron chi connectivity index (χ3n) is 7.55. The number of amides is 3. The minimum atomic E-state index is -0.593. The average molecular weight is 629 g/mol. The molecule has 2 aromatic carbocycles. The Kier molecular flexibility index (Phi) is 11.3. The number of aryl methyl sites for hydroxylation is 1. The Bertz CT molecular complexity index is 1610. The number of rotatable bonds is 12. The van der Waals surface area contributed by atoms with Crippen LogP contribution in [0, 0.1) is 24.1 Å². The molecule has 10 nitrogen and oxygen atoms in total. The van der Waals surface area contributed by atoms with Crippen molar-refractivity contribution in [2.24, 2.45) is 0 Å². The number of anilines is 1. The van der Waals surface area contributed by atoms with Crippen molar-refractivity contribution in [1.82, 2.24) is 20.5 Å². The molecule has 0 saturated carbocycles. The van der Waals surface area contributed by atoms with Gasteiger partial charge in [0.1, 0.15) is 17.2 Å².